The van der Waals surface area contributed by atoms with Crippen LogP contribution in [0.3, 0.4) is 0 Å². The molecule has 0 radical (unpaired) electrons. The predicted octanol–water partition coefficient (Wildman–Crippen LogP) is 3.05. The number of benzene rings is 2. The summed E-state index contributed by atoms with van der Waals surface area (Å²) in [7, 11) is -2.12. The molecule has 0 saturated heterocycles. The highest BCUT2D eigenvalue weighted by molar-refractivity contribution is 7.89. The Morgan fingerprint density at radius 1 is 1.15 bits per heavy atom. The summed E-state index contributed by atoms with van der Waals surface area (Å²) in [5, 5.41) is 2.77. The minimum absolute atomic E-state index is 0.0340. The quantitative estimate of drug-likeness (QED) is 0.660. The highest BCUT2D eigenvalue weighted by atomic mass is 35.5. The van der Waals surface area contributed by atoms with Crippen molar-refractivity contribution < 1.29 is 22.7 Å². The summed E-state index contributed by atoms with van der Waals surface area (Å²) in [6.07, 6.45) is 0.676. The SMILES string of the molecule is CCCNS(=O)(=O)c1ccc(OCC(=O)Nc2ccccc2OC)c(Cl)c1. The van der Waals surface area contributed by atoms with Crippen molar-refractivity contribution >= 4 is 33.2 Å². The molecule has 1 amide bonds. The molecule has 0 atom stereocenters. The van der Waals surface area contributed by atoms with Crippen LogP contribution >= 0.6 is 11.6 Å². The fraction of sp³-hybridized carbons (Fsp3) is 0.278. The first-order valence-corrected chi connectivity index (χ1v) is 10.1. The molecular weight excluding hydrogens is 392 g/mol. The molecule has 2 aromatic carbocycles. The van der Waals surface area contributed by atoms with Crippen LogP contribution in [0, 0.1) is 0 Å². The molecule has 0 aromatic heterocycles. The van der Waals surface area contributed by atoms with Gasteiger partial charge < -0.3 is 14.8 Å². The van der Waals surface area contributed by atoms with Gasteiger partial charge in [0.05, 0.1) is 22.7 Å². The molecule has 2 aromatic rings. The molecule has 2 rings (SSSR count). The Morgan fingerprint density at radius 3 is 2.56 bits per heavy atom. The van der Waals surface area contributed by atoms with E-state index in [0.29, 0.717) is 24.4 Å². The first-order valence-electron chi connectivity index (χ1n) is 8.22. The Morgan fingerprint density at radius 2 is 1.89 bits per heavy atom. The molecule has 0 aliphatic carbocycles. The molecule has 0 bridgehead atoms. The molecule has 9 heteroatoms. The normalized spacial score (nSPS) is 11.1. The van der Waals surface area contributed by atoms with Crippen LogP contribution in [0.1, 0.15) is 13.3 Å². The number of carbonyl (C=O) groups is 1. The van der Waals surface area contributed by atoms with Crippen molar-refractivity contribution in [1.82, 2.24) is 4.72 Å². The predicted molar refractivity (Wildman–Crippen MR) is 104 cm³/mol. The van der Waals surface area contributed by atoms with Gasteiger partial charge in [-0.3, -0.25) is 4.79 Å². The second-order valence-corrected chi connectivity index (χ2v) is 7.70. The van der Waals surface area contributed by atoms with Crippen molar-refractivity contribution in [1.29, 1.82) is 0 Å². The van der Waals surface area contributed by atoms with E-state index in [4.69, 9.17) is 21.1 Å². The summed E-state index contributed by atoms with van der Waals surface area (Å²) in [6.45, 7) is 1.90. The average Bonchev–Trinajstić information content (AvgIpc) is 2.65. The number of hydrogen-bond donors (Lipinski definition) is 2. The molecule has 0 aliphatic heterocycles. The summed E-state index contributed by atoms with van der Waals surface area (Å²) in [4.78, 5) is 12.1. The maximum atomic E-state index is 12.1. The van der Waals surface area contributed by atoms with Crippen molar-refractivity contribution in [3.63, 3.8) is 0 Å². The smallest absolute Gasteiger partial charge is 0.262 e. The standard InChI is InChI=1S/C18H21ClN2O5S/c1-3-10-20-27(23,24)13-8-9-16(14(19)11-13)26-12-18(22)21-15-6-4-5-7-17(15)25-2/h4-9,11,20H,3,10,12H2,1-2H3,(H,21,22). The highest BCUT2D eigenvalue weighted by Crippen LogP contribution is 2.28. The van der Waals surface area contributed by atoms with Gasteiger partial charge in [0.15, 0.2) is 6.61 Å². The van der Waals surface area contributed by atoms with Gasteiger partial charge in [0.25, 0.3) is 5.91 Å². The minimum Gasteiger partial charge on any atom is -0.495 e. The monoisotopic (exact) mass is 412 g/mol. The van der Waals surface area contributed by atoms with Gasteiger partial charge in [-0.25, -0.2) is 13.1 Å². The van der Waals surface area contributed by atoms with Crippen LogP contribution in [0.5, 0.6) is 11.5 Å². The largest absolute Gasteiger partial charge is 0.495 e. The molecule has 0 aliphatic rings. The van der Waals surface area contributed by atoms with Crippen LogP contribution in [0.2, 0.25) is 5.02 Å². The minimum atomic E-state index is -3.62. The molecular formula is C18H21ClN2O5S. The Hall–Kier alpha value is -2.29. The lowest BCUT2D eigenvalue weighted by Crippen LogP contribution is -2.24. The molecule has 0 heterocycles. The number of ether oxygens (including phenoxy) is 2. The van der Waals surface area contributed by atoms with E-state index in [1.165, 1.54) is 25.3 Å². The van der Waals surface area contributed by atoms with Gasteiger partial charge in [-0.15, -0.1) is 0 Å². The Bertz CT molecular complexity index is 902. The third-order valence-electron chi connectivity index (χ3n) is 3.50. The number of anilines is 1. The number of nitrogens with one attached hydrogen (secondary N) is 2. The van der Waals surface area contributed by atoms with Crippen molar-refractivity contribution in [2.45, 2.75) is 18.2 Å². The maximum Gasteiger partial charge on any atom is 0.262 e. The first-order chi connectivity index (χ1) is 12.9. The zero-order valence-corrected chi connectivity index (χ0v) is 16.6. The maximum absolute atomic E-state index is 12.1. The summed E-state index contributed by atoms with van der Waals surface area (Å²) >= 11 is 6.09. The number of sulfonamides is 1. The second kappa shape index (κ2) is 9.59. The Balaban J connectivity index is 2.00. The lowest BCUT2D eigenvalue weighted by molar-refractivity contribution is -0.118. The lowest BCUT2D eigenvalue weighted by Gasteiger charge is -2.12. The van der Waals surface area contributed by atoms with Gasteiger partial charge in [-0.1, -0.05) is 30.7 Å². The molecule has 2 N–H and O–H groups in total. The van der Waals surface area contributed by atoms with E-state index in [-0.39, 0.29) is 22.3 Å². The van der Waals surface area contributed by atoms with E-state index in [1.54, 1.807) is 24.3 Å². The summed E-state index contributed by atoms with van der Waals surface area (Å²) in [5.74, 6) is 0.330. The number of methoxy groups -OCH3 is 1. The molecule has 0 spiro atoms. The fourth-order valence-electron chi connectivity index (χ4n) is 2.16. The number of halogens is 1. The van der Waals surface area contributed by atoms with Gasteiger partial charge in [0.1, 0.15) is 11.5 Å². The Labute approximate surface area is 163 Å². The van der Waals surface area contributed by atoms with Crippen molar-refractivity contribution in [3.8, 4) is 11.5 Å². The van der Waals surface area contributed by atoms with Gasteiger partial charge in [0.2, 0.25) is 10.0 Å². The van der Waals surface area contributed by atoms with Crippen LogP contribution < -0.4 is 19.5 Å². The van der Waals surface area contributed by atoms with Crippen LogP contribution in [0.25, 0.3) is 0 Å². The van der Waals surface area contributed by atoms with Gasteiger partial charge >= 0.3 is 0 Å². The molecule has 0 unspecified atom stereocenters. The van der Waals surface area contributed by atoms with Crippen molar-refractivity contribution in [2.24, 2.45) is 0 Å². The zero-order valence-electron chi connectivity index (χ0n) is 15.0. The third kappa shape index (κ3) is 5.85. The van der Waals surface area contributed by atoms with E-state index in [2.05, 4.69) is 10.0 Å². The molecule has 0 saturated carbocycles. The van der Waals surface area contributed by atoms with Crippen LogP contribution in [-0.2, 0) is 14.8 Å². The number of para-hydroxylation sites is 2. The fourth-order valence-corrected chi connectivity index (χ4v) is 3.62. The highest BCUT2D eigenvalue weighted by Gasteiger charge is 2.16. The van der Waals surface area contributed by atoms with Crippen LogP contribution in [-0.4, -0.2) is 34.6 Å². The number of rotatable bonds is 9. The number of amides is 1. The first kappa shape index (κ1) is 21.0. The molecule has 146 valence electrons. The summed E-state index contributed by atoms with van der Waals surface area (Å²) < 4.78 is 37.2. The van der Waals surface area contributed by atoms with E-state index in [0.717, 1.165) is 0 Å². The molecule has 7 nitrogen and oxygen atoms in total. The Kier molecular flexibility index (Phi) is 7.46. The van der Waals surface area contributed by atoms with Crippen LogP contribution in [0.15, 0.2) is 47.4 Å². The average molecular weight is 413 g/mol. The molecule has 27 heavy (non-hydrogen) atoms. The van der Waals surface area contributed by atoms with Crippen molar-refractivity contribution in [3.05, 3.63) is 47.5 Å². The summed E-state index contributed by atoms with van der Waals surface area (Å²) in [5.41, 5.74) is 0.517. The molecule has 0 fully saturated rings. The number of carbonyl (C=O) groups excluding carboxylic acids is 1. The number of hydrogen-bond acceptors (Lipinski definition) is 5. The van der Waals surface area contributed by atoms with E-state index in [1.807, 2.05) is 6.92 Å². The van der Waals surface area contributed by atoms with E-state index < -0.39 is 15.9 Å². The van der Waals surface area contributed by atoms with Gasteiger partial charge in [-0.05, 0) is 36.8 Å². The summed E-state index contributed by atoms with van der Waals surface area (Å²) in [6, 6.07) is 11.0. The topological polar surface area (TPSA) is 93.7 Å². The second-order valence-electron chi connectivity index (χ2n) is 5.53. The van der Waals surface area contributed by atoms with Gasteiger partial charge in [0, 0.05) is 6.54 Å². The van der Waals surface area contributed by atoms with Crippen LogP contribution in [0.4, 0.5) is 5.69 Å². The van der Waals surface area contributed by atoms with E-state index in [9.17, 15) is 13.2 Å². The third-order valence-corrected chi connectivity index (χ3v) is 5.25. The van der Waals surface area contributed by atoms with Gasteiger partial charge in [-0.2, -0.15) is 0 Å². The zero-order chi connectivity index (χ0) is 19.9. The van der Waals surface area contributed by atoms with Crippen molar-refractivity contribution in [2.75, 3.05) is 25.6 Å². The lowest BCUT2D eigenvalue weighted by atomic mass is 10.3. The van der Waals surface area contributed by atoms with E-state index >= 15 is 0 Å².